The molecule has 0 amide bonds. The summed E-state index contributed by atoms with van der Waals surface area (Å²) in [6.07, 6.45) is -4.82. The van der Waals surface area contributed by atoms with Crippen molar-refractivity contribution < 1.29 is 13.2 Å². The van der Waals surface area contributed by atoms with Gasteiger partial charge in [0.05, 0.1) is 11.4 Å². The Bertz CT molecular complexity index is 1590. The molecular weight excluding hydrogens is 517 g/mol. The molecule has 0 aliphatic heterocycles. The third kappa shape index (κ3) is 4.30. The Morgan fingerprint density at radius 1 is 1.00 bits per heavy atom. The lowest BCUT2D eigenvalue weighted by Crippen LogP contribution is -2.44. The summed E-state index contributed by atoms with van der Waals surface area (Å²) in [6.45, 7) is -0.0953. The van der Waals surface area contributed by atoms with Gasteiger partial charge in [0.2, 0.25) is 0 Å². The van der Waals surface area contributed by atoms with E-state index < -0.39 is 29.5 Å². The second kappa shape index (κ2) is 8.64. The number of rotatable bonds is 4. The van der Waals surface area contributed by atoms with Gasteiger partial charge in [-0.15, -0.1) is 0 Å². The lowest BCUT2D eigenvalue weighted by atomic mass is 10.2. The van der Waals surface area contributed by atoms with E-state index in [1.807, 2.05) is 0 Å². The van der Waals surface area contributed by atoms with Gasteiger partial charge in [0, 0.05) is 23.3 Å². The first kappa shape index (κ1) is 23.6. The molecule has 1 N–H and O–H groups in total. The van der Waals surface area contributed by atoms with E-state index in [4.69, 9.17) is 0 Å². The van der Waals surface area contributed by atoms with Crippen LogP contribution >= 0.6 is 15.9 Å². The fourth-order valence-corrected chi connectivity index (χ4v) is 3.99. The van der Waals surface area contributed by atoms with E-state index in [-0.39, 0.29) is 27.0 Å². The van der Waals surface area contributed by atoms with Crippen molar-refractivity contribution in [2.75, 3.05) is 5.32 Å². The average molecular weight is 535 g/mol. The normalized spacial score (nSPS) is 11.7. The molecule has 0 atom stereocenters. The molecule has 0 aliphatic rings. The molecule has 0 radical (unpaired) electrons. The van der Waals surface area contributed by atoms with E-state index >= 15 is 0 Å². The van der Waals surface area contributed by atoms with E-state index in [1.165, 1.54) is 13.1 Å². The highest BCUT2D eigenvalue weighted by molar-refractivity contribution is 9.10. The number of hydrogen-bond acceptors (Lipinski definition) is 4. The molecule has 0 saturated carbocycles. The van der Waals surface area contributed by atoms with Crippen molar-refractivity contribution >= 4 is 38.3 Å². The second-order valence-corrected chi connectivity index (χ2v) is 8.61. The third-order valence-electron chi connectivity index (χ3n) is 5.32. The maximum Gasteiger partial charge on any atom is 0.406 e. The largest absolute Gasteiger partial charge is 0.406 e. The van der Waals surface area contributed by atoms with Crippen LogP contribution in [0.25, 0.3) is 16.7 Å². The molecule has 0 unspecified atom stereocenters. The number of alkyl halides is 3. The van der Waals surface area contributed by atoms with Crippen molar-refractivity contribution in [1.82, 2.24) is 13.7 Å². The number of pyridine rings is 1. The van der Waals surface area contributed by atoms with Gasteiger partial charge in [-0.1, -0.05) is 34.1 Å². The number of benzene rings is 2. The number of aromatic nitrogens is 3. The van der Waals surface area contributed by atoms with Gasteiger partial charge >= 0.3 is 11.9 Å². The minimum atomic E-state index is -4.82. The van der Waals surface area contributed by atoms with Crippen molar-refractivity contribution in [2.45, 2.75) is 19.6 Å². The van der Waals surface area contributed by atoms with Crippen LogP contribution in [0, 0.1) is 6.92 Å². The van der Waals surface area contributed by atoms with E-state index in [0.29, 0.717) is 11.3 Å². The monoisotopic (exact) mass is 534 g/mol. The molecule has 2 aromatic carbocycles. The first-order valence-electron chi connectivity index (χ1n) is 10.0. The SMILES string of the molecule is Cc1ccccc1-n1c(=O)n(CC(F)(F)F)c(=O)c2c(Nc3ccc(Br)cc3)cc(=O)n(C)c21. The summed E-state index contributed by atoms with van der Waals surface area (Å²) in [5.74, 6) is 0. The Labute approximate surface area is 198 Å². The highest BCUT2D eigenvalue weighted by Gasteiger charge is 2.32. The standard InChI is InChI=1S/C23H18BrF3N4O3/c1-13-5-3-4-6-17(13)31-20-19(21(33)30(22(31)34)12-23(25,26)27)16(11-18(32)29(20)2)28-15-9-7-14(24)8-10-15/h3-11,28H,12H2,1-2H3. The molecule has 176 valence electrons. The number of fused-ring (bicyclic) bond motifs is 1. The summed E-state index contributed by atoms with van der Waals surface area (Å²) in [5, 5.41) is 2.72. The minimum absolute atomic E-state index is 0.0105. The van der Waals surface area contributed by atoms with Crippen molar-refractivity contribution in [3.05, 3.63) is 95.8 Å². The predicted molar refractivity (Wildman–Crippen MR) is 127 cm³/mol. The van der Waals surface area contributed by atoms with E-state index in [9.17, 15) is 27.6 Å². The van der Waals surface area contributed by atoms with Crippen LogP contribution in [0.2, 0.25) is 0 Å². The van der Waals surface area contributed by atoms with Crippen LogP contribution in [0.1, 0.15) is 5.56 Å². The summed E-state index contributed by atoms with van der Waals surface area (Å²) in [5.41, 5.74) is -1.71. The molecule has 7 nitrogen and oxygen atoms in total. The Balaban J connectivity index is 2.18. The summed E-state index contributed by atoms with van der Waals surface area (Å²) in [4.78, 5) is 39.4. The maximum absolute atomic E-state index is 13.4. The van der Waals surface area contributed by atoms with Crippen molar-refractivity contribution in [1.29, 1.82) is 0 Å². The fraction of sp³-hybridized carbons (Fsp3) is 0.174. The zero-order valence-electron chi connectivity index (χ0n) is 18.0. The number of anilines is 2. The molecular formula is C23H18BrF3N4O3. The third-order valence-corrected chi connectivity index (χ3v) is 5.85. The van der Waals surface area contributed by atoms with Crippen LogP contribution in [-0.2, 0) is 13.6 Å². The smallest absolute Gasteiger partial charge is 0.355 e. The molecule has 2 heterocycles. The Hall–Kier alpha value is -3.60. The summed E-state index contributed by atoms with van der Waals surface area (Å²) in [6, 6.07) is 14.4. The molecule has 0 aliphatic carbocycles. The number of halogens is 4. The fourth-order valence-electron chi connectivity index (χ4n) is 3.73. The van der Waals surface area contributed by atoms with Crippen LogP contribution < -0.4 is 22.1 Å². The van der Waals surface area contributed by atoms with E-state index in [2.05, 4.69) is 21.2 Å². The predicted octanol–water partition coefficient (Wildman–Crippen LogP) is 4.23. The molecule has 2 aromatic heterocycles. The molecule has 34 heavy (non-hydrogen) atoms. The highest BCUT2D eigenvalue weighted by atomic mass is 79.9. The summed E-state index contributed by atoms with van der Waals surface area (Å²) >= 11 is 3.31. The van der Waals surface area contributed by atoms with Gasteiger partial charge in [0.1, 0.15) is 17.6 Å². The Morgan fingerprint density at radius 3 is 2.26 bits per heavy atom. The first-order chi connectivity index (χ1) is 16.0. The highest BCUT2D eigenvalue weighted by Crippen LogP contribution is 2.26. The molecule has 4 rings (SSSR count). The molecule has 0 spiro atoms. The number of nitrogens with zero attached hydrogens (tertiary/aromatic N) is 3. The van der Waals surface area contributed by atoms with Crippen molar-refractivity contribution in [3.63, 3.8) is 0 Å². The van der Waals surface area contributed by atoms with Crippen LogP contribution in [-0.4, -0.2) is 19.9 Å². The zero-order chi connectivity index (χ0) is 24.8. The first-order valence-corrected chi connectivity index (χ1v) is 10.8. The van der Waals surface area contributed by atoms with Crippen molar-refractivity contribution in [3.8, 4) is 5.69 Å². The molecule has 4 aromatic rings. The van der Waals surface area contributed by atoms with Crippen LogP contribution in [0.5, 0.6) is 0 Å². The van der Waals surface area contributed by atoms with Crippen LogP contribution in [0.15, 0.2) is 73.5 Å². The average Bonchev–Trinajstić information content (AvgIpc) is 2.76. The van der Waals surface area contributed by atoms with E-state index in [1.54, 1.807) is 49.4 Å². The van der Waals surface area contributed by atoms with Gasteiger partial charge in [0.25, 0.3) is 11.1 Å². The topological polar surface area (TPSA) is 78.0 Å². The van der Waals surface area contributed by atoms with Crippen LogP contribution in [0.4, 0.5) is 24.5 Å². The van der Waals surface area contributed by atoms with Crippen molar-refractivity contribution in [2.24, 2.45) is 7.05 Å². The van der Waals surface area contributed by atoms with Gasteiger partial charge in [0.15, 0.2) is 0 Å². The lowest BCUT2D eigenvalue weighted by molar-refractivity contribution is -0.141. The number of aryl methyl sites for hydroxylation is 2. The van der Waals surface area contributed by atoms with Gasteiger partial charge in [-0.3, -0.25) is 18.7 Å². The molecule has 0 bridgehead atoms. The summed E-state index contributed by atoms with van der Waals surface area (Å²) < 4.78 is 43.1. The molecule has 0 saturated heterocycles. The number of hydrogen-bond donors (Lipinski definition) is 1. The zero-order valence-corrected chi connectivity index (χ0v) is 19.6. The molecule has 11 heteroatoms. The van der Waals surface area contributed by atoms with Gasteiger partial charge in [-0.05, 0) is 42.8 Å². The second-order valence-electron chi connectivity index (χ2n) is 7.70. The number of nitrogens with one attached hydrogen (secondary N) is 1. The Morgan fingerprint density at radius 2 is 1.65 bits per heavy atom. The van der Waals surface area contributed by atoms with Gasteiger partial charge < -0.3 is 5.32 Å². The van der Waals surface area contributed by atoms with Gasteiger partial charge in [-0.25, -0.2) is 9.36 Å². The number of para-hydroxylation sites is 1. The van der Waals surface area contributed by atoms with Crippen LogP contribution in [0.3, 0.4) is 0 Å². The lowest BCUT2D eigenvalue weighted by Gasteiger charge is -2.20. The Kier molecular flexibility index (Phi) is 5.98. The maximum atomic E-state index is 13.4. The van der Waals surface area contributed by atoms with Gasteiger partial charge in [-0.2, -0.15) is 13.2 Å². The quantitative estimate of drug-likeness (QED) is 0.425. The molecule has 0 fully saturated rings. The summed E-state index contributed by atoms with van der Waals surface area (Å²) in [7, 11) is 1.36. The minimum Gasteiger partial charge on any atom is -0.355 e. The van der Waals surface area contributed by atoms with E-state index in [0.717, 1.165) is 19.7 Å².